The molecule has 1 aliphatic heterocycles. The first-order valence-corrected chi connectivity index (χ1v) is 9.22. The van der Waals surface area contributed by atoms with Gasteiger partial charge in [0.2, 0.25) is 0 Å². The molecule has 148 valence electrons. The molecule has 0 aromatic heterocycles. The average molecular weight is 459 g/mol. The van der Waals surface area contributed by atoms with E-state index in [1.807, 2.05) is 0 Å². The first-order chi connectivity index (χ1) is 13.8. The van der Waals surface area contributed by atoms with Crippen LogP contribution in [0.2, 0.25) is 0 Å². The van der Waals surface area contributed by atoms with Gasteiger partial charge in [-0.3, -0.25) is 14.9 Å². The summed E-state index contributed by atoms with van der Waals surface area (Å²) < 4.78 is 6.01. The number of carbonyl (C=O) groups excluding carboxylic acids is 3. The fraction of sp³-hybridized carbons (Fsp3) is 0.100. The lowest BCUT2D eigenvalue weighted by atomic mass is 10.1. The van der Waals surface area contributed by atoms with Crippen molar-refractivity contribution in [2.24, 2.45) is 0 Å². The maximum atomic E-state index is 12.8. The van der Waals surface area contributed by atoms with E-state index in [9.17, 15) is 19.2 Å². The molecule has 2 aromatic rings. The van der Waals surface area contributed by atoms with Gasteiger partial charge in [0.05, 0.1) is 5.69 Å². The van der Waals surface area contributed by atoms with Crippen molar-refractivity contribution in [1.82, 2.24) is 5.32 Å². The lowest BCUT2D eigenvalue weighted by molar-refractivity contribution is -0.144. The van der Waals surface area contributed by atoms with Gasteiger partial charge in [0.15, 0.2) is 6.10 Å². The van der Waals surface area contributed by atoms with Crippen LogP contribution in [0.25, 0.3) is 6.08 Å². The summed E-state index contributed by atoms with van der Waals surface area (Å²) in [5.74, 6) is -2.32. The normalized spacial score (nSPS) is 16.6. The van der Waals surface area contributed by atoms with E-state index >= 15 is 0 Å². The number of urea groups is 1. The number of hydrogen-bond acceptors (Lipinski definition) is 5. The second kappa shape index (κ2) is 8.27. The number of anilines is 1. The third-order valence-electron chi connectivity index (χ3n) is 4.04. The maximum absolute atomic E-state index is 12.8. The number of rotatable bonds is 5. The van der Waals surface area contributed by atoms with Gasteiger partial charge >= 0.3 is 12.0 Å². The molecule has 1 saturated heterocycles. The van der Waals surface area contributed by atoms with Crippen LogP contribution in [-0.2, 0) is 14.4 Å². The van der Waals surface area contributed by atoms with Gasteiger partial charge in [-0.25, -0.2) is 14.5 Å². The first kappa shape index (κ1) is 20.3. The van der Waals surface area contributed by atoms with Gasteiger partial charge in [-0.15, -0.1) is 0 Å². The predicted octanol–water partition coefficient (Wildman–Crippen LogP) is 2.97. The van der Waals surface area contributed by atoms with Crippen molar-refractivity contribution < 1.29 is 29.0 Å². The fourth-order valence-corrected chi connectivity index (χ4v) is 2.81. The number of ether oxygens (including phenoxy) is 1. The van der Waals surface area contributed by atoms with E-state index in [0.717, 1.165) is 9.37 Å². The Morgan fingerprint density at radius 1 is 1.10 bits per heavy atom. The Hall–Kier alpha value is -3.46. The number of amides is 4. The number of carbonyl (C=O) groups is 4. The van der Waals surface area contributed by atoms with Crippen LogP contribution in [-0.4, -0.2) is 35.0 Å². The van der Waals surface area contributed by atoms with Crippen molar-refractivity contribution in [3.63, 3.8) is 0 Å². The van der Waals surface area contributed by atoms with Gasteiger partial charge < -0.3 is 9.84 Å². The van der Waals surface area contributed by atoms with Crippen LogP contribution < -0.4 is 15.0 Å². The minimum Gasteiger partial charge on any atom is -0.479 e. The molecule has 1 fully saturated rings. The van der Waals surface area contributed by atoms with E-state index in [1.165, 1.54) is 25.1 Å². The smallest absolute Gasteiger partial charge is 0.344 e. The van der Waals surface area contributed by atoms with Crippen molar-refractivity contribution in [1.29, 1.82) is 0 Å². The van der Waals surface area contributed by atoms with Crippen LogP contribution in [0.4, 0.5) is 10.5 Å². The van der Waals surface area contributed by atoms with Gasteiger partial charge in [-0.05, 0) is 55.0 Å². The molecule has 0 radical (unpaired) electrons. The van der Waals surface area contributed by atoms with Crippen LogP contribution in [0.15, 0.2) is 58.6 Å². The molecule has 2 N–H and O–H groups in total. The largest absolute Gasteiger partial charge is 0.479 e. The molecule has 0 aliphatic carbocycles. The molecule has 8 nitrogen and oxygen atoms in total. The Morgan fingerprint density at radius 2 is 1.72 bits per heavy atom. The van der Waals surface area contributed by atoms with Crippen LogP contribution in [0, 0.1) is 0 Å². The fourth-order valence-electron chi connectivity index (χ4n) is 2.55. The first-order valence-electron chi connectivity index (χ1n) is 8.43. The summed E-state index contributed by atoms with van der Waals surface area (Å²) in [5, 5.41) is 11.0. The monoisotopic (exact) mass is 458 g/mol. The number of carboxylic acids is 1. The van der Waals surface area contributed by atoms with E-state index in [1.54, 1.807) is 36.4 Å². The van der Waals surface area contributed by atoms with Gasteiger partial charge in [0.1, 0.15) is 11.3 Å². The van der Waals surface area contributed by atoms with E-state index < -0.39 is 29.9 Å². The SMILES string of the molecule is C[C@@H](Oc1ccc(/C=C2\C(=O)NC(=O)N(c3ccc(Br)cc3)C2=O)cc1)C(=O)O. The van der Waals surface area contributed by atoms with Crippen LogP contribution in [0.3, 0.4) is 0 Å². The molecule has 29 heavy (non-hydrogen) atoms. The van der Waals surface area contributed by atoms with Crippen LogP contribution in [0.5, 0.6) is 5.75 Å². The number of imide groups is 2. The molecule has 9 heteroatoms. The summed E-state index contributed by atoms with van der Waals surface area (Å²) in [6.07, 6.45) is 0.329. The lowest BCUT2D eigenvalue weighted by Gasteiger charge is -2.26. The zero-order chi connectivity index (χ0) is 21.1. The van der Waals surface area contributed by atoms with E-state index in [4.69, 9.17) is 9.84 Å². The summed E-state index contributed by atoms with van der Waals surface area (Å²) in [4.78, 5) is 48.9. The second-order valence-electron chi connectivity index (χ2n) is 6.10. The molecule has 0 spiro atoms. The number of nitrogens with zero attached hydrogens (tertiary/aromatic N) is 1. The number of halogens is 1. The molecule has 1 heterocycles. The number of carboxylic acid groups (broad SMARTS) is 1. The molecule has 3 rings (SSSR count). The Balaban J connectivity index is 1.86. The lowest BCUT2D eigenvalue weighted by Crippen LogP contribution is -2.54. The van der Waals surface area contributed by atoms with Crippen molar-refractivity contribution in [2.45, 2.75) is 13.0 Å². The standard InChI is InChI=1S/C20H15BrN2O6/c1-11(19(26)27)29-15-8-2-12(3-9-15)10-16-17(24)22-20(28)23(18(16)25)14-6-4-13(21)5-7-14/h2-11H,1H3,(H,26,27)(H,22,24,28)/b16-10+/t11-/m1/s1. The zero-order valence-electron chi connectivity index (χ0n) is 15.1. The molecule has 2 aromatic carbocycles. The summed E-state index contributed by atoms with van der Waals surface area (Å²) in [5.41, 5.74) is 0.615. The number of benzene rings is 2. The van der Waals surface area contributed by atoms with Gasteiger partial charge in [-0.1, -0.05) is 28.1 Å². The quantitative estimate of drug-likeness (QED) is 0.525. The number of aliphatic carboxylic acids is 1. The number of nitrogens with one attached hydrogen (secondary N) is 1. The van der Waals surface area contributed by atoms with Gasteiger partial charge in [-0.2, -0.15) is 0 Å². The van der Waals surface area contributed by atoms with E-state index in [2.05, 4.69) is 21.2 Å². The molecular weight excluding hydrogens is 444 g/mol. The summed E-state index contributed by atoms with van der Waals surface area (Å²) in [7, 11) is 0. The Kier molecular flexibility index (Phi) is 5.79. The highest BCUT2D eigenvalue weighted by molar-refractivity contribution is 9.10. The third kappa shape index (κ3) is 4.52. The summed E-state index contributed by atoms with van der Waals surface area (Å²) in [6.45, 7) is 1.40. The molecular formula is C20H15BrN2O6. The highest BCUT2D eigenvalue weighted by Gasteiger charge is 2.36. The van der Waals surface area contributed by atoms with Crippen molar-refractivity contribution in [3.05, 3.63) is 64.1 Å². The third-order valence-corrected chi connectivity index (χ3v) is 4.57. The maximum Gasteiger partial charge on any atom is 0.344 e. The molecule has 0 unspecified atom stereocenters. The Morgan fingerprint density at radius 3 is 2.31 bits per heavy atom. The number of hydrogen-bond donors (Lipinski definition) is 2. The molecule has 4 amide bonds. The second-order valence-corrected chi connectivity index (χ2v) is 7.02. The molecule has 0 saturated carbocycles. The Labute approximate surface area is 173 Å². The minimum absolute atomic E-state index is 0.208. The van der Waals surface area contributed by atoms with E-state index in [-0.39, 0.29) is 5.57 Å². The van der Waals surface area contributed by atoms with Crippen molar-refractivity contribution in [2.75, 3.05) is 4.90 Å². The number of barbiturate groups is 1. The van der Waals surface area contributed by atoms with Crippen LogP contribution in [0.1, 0.15) is 12.5 Å². The predicted molar refractivity (Wildman–Crippen MR) is 107 cm³/mol. The highest BCUT2D eigenvalue weighted by atomic mass is 79.9. The molecule has 0 bridgehead atoms. The molecule has 1 aliphatic rings. The summed E-state index contributed by atoms with van der Waals surface area (Å²) >= 11 is 3.28. The topological polar surface area (TPSA) is 113 Å². The zero-order valence-corrected chi connectivity index (χ0v) is 16.7. The van der Waals surface area contributed by atoms with Crippen LogP contribution >= 0.6 is 15.9 Å². The van der Waals surface area contributed by atoms with Crippen molar-refractivity contribution in [3.8, 4) is 5.75 Å². The molecule has 1 atom stereocenters. The van der Waals surface area contributed by atoms with Crippen molar-refractivity contribution >= 4 is 51.5 Å². The summed E-state index contributed by atoms with van der Waals surface area (Å²) in [6, 6.07) is 11.8. The van der Waals surface area contributed by atoms with E-state index in [0.29, 0.717) is 17.0 Å². The average Bonchev–Trinajstić information content (AvgIpc) is 2.67. The van der Waals surface area contributed by atoms with Gasteiger partial charge in [0.25, 0.3) is 11.8 Å². The Bertz CT molecular complexity index is 1010. The van der Waals surface area contributed by atoms with Gasteiger partial charge in [0, 0.05) is 4.47 Å². The minimum atomic E-state index is -1.10. The highest BCUT2D eigenvalue weighted by Crippen LogP contribution is 2.24.